The van der Waals surface area contributed by atoms with Gasteiger partial charge >= 0.3 is 5.97 Å². The highest BCUT2D eigenvalue weighted by Gasteiger charge is 2.44. The SMILES string of the molecule is CCCC1(C(=O)O)CCN(CC(=O)NC(C)C(C)C)C1. The second kappa shape index (κ2) is 7.07. The van der Waals surface area contributed by atoms with Crippen molar-refractivity contribution in [2.45, 2.75) is 53.0 Å². The summed E-state index contributed by atoms with van der Waals surface area (Å²) in [6.45, 7) is 9.61. The fourth-order valence-corrected chi connectivity index (χ4v) is 2.73. The summed E-state index contributed by atoms with van der Waals surface area (Å²) in [4.78, 5) is 25.4. The Morgan fingerprint density at radius 1 is 1.35 bits per heavy atom. The van der Waals surface area contributed by atoms with E-state index in [4.69, 9.17) is 0 Å². The number of nitrogens with zero attached hydrogens (tertiary/aromatic N) is 1. The van der Waals surface area contributed by atoms with Crippen molar-refractivity contribution in [2.24, 2.45) is 11.3 Å². The zero-order valence-corrected chi connectivity index (χ0v) is 13.1. The monoisotopic (exact) mass is 284 g/mol. The lowest BCUT2D eigenvalue weighted by atomic mass is 9.83. The van der Waals surface area contributed by atoms with E-state index >= 15 is 0 Å². The van der Waals surface area contributed by atoms with Crippen molar-refractivity contribution < 1.29 is 14.7 Å². The van der Waals surface area contributed by atoms with Crippen LogP contribution in [0.15, 0.2) is 0 Å². The molecule has 0 radical (unpaired) electrons. The van der Waals surface area contributed by atoms with Gasteiger partial charge in [-0.2, -0.15) is 0 Å². The first-order chi connectivity index (χ1) is 9.30. The smallest absolute Gasteiger partial charge is 0.310 e. The number of carboxylic acid groups (broad SMARTS) is 1. The van der Waals surface area contributed by atoms with Crippen LogP contribution in [0, 0.1) is 11.3 Å². The first-order valence-electron chi connectivity index (χ1n) is 7.56. The van der Waals surface area contributed by atoms with Gasteiger partial charge in [0.05, 0.1) is 12.0 Å². The minimum atomic E-state index is -0.724. The molecule has 0 aromatic heterocycles. The Morgan fingerprint density at radius 2 is 2.00 bits per heavy atom. The lowest BCUT2D eigenvalue weighted by Crippen LogP contribution is -2.43. The van der Waals surface area contributed by atoms with E-state index in [1.165, 1.54) is 0 Å². The van der Waals surface area contributed by atoms with Crippen molar-refractivity contribution in [1.29, 1.82) is 0 Å². The minimum absolute atomic E-state index is 0.0103. The van der Waals surface area contributed by atoms with Gasteiger partial charge in [-0.25, -0.2) is 0 Å². The molecule has 1 saturated heterocycles. The van der Waals surface area contributed by atoms with Gasteiger partial charge < -0.3 is 10.4 Å². The van der Waals surface area contributed by atoms with Gasteiger partial charge in [-0.15, -0.1) is 0 Å². The maximum atomic E-state index is 12.0. The molecule has 1 amide bonds. The first kappa shape index (κ1) is 17.0. The number of aliphatic carboxylic acids is 1. The zero-order valence-electron chi connectivity index (χ0n) is 13.1. The third kappa shape index (κ3) is 4.20. The molecule has 116 valence electrons. The number of amides is 1. The number of nitrogens with one attached hydrogen (secondary N) is 1. The second-order valence-corrected chi connectivity index (χ2v) is 6.40. The number of hydrogen-bond acceptors (Lipinski definition) is 3. The van der Waals surface area contributed by atoms with Crippen molar-refractivity contribution in [2.75, 3.05) is 19.6 Å². The normalized spacial score (nSPS) is 24.9. The van der Waals surface area contributed by atoms with Crippen molar-refractivity contribution in [3.05, 3.63) is 0 Å². The van der Waals surface area contributed by atoms with E-state index in [9.17, 15) is 14.7 Å². The average Bonchev–Trinajstić information content (AvgIpc) is 2.73. The van der Waals surface area contributed by atoms with Gasteiger partial charge in [-0.05, 0) is 32.2 Å². The van der Waals surface area contributed by atoms with E-state index in [2.05, 4.69) is 19.2 Å². The molecule has 0 bridgehead atoms. The van der Waals surface area contributed by atoms with Gasteiger partial charge in [0.15, 0.2) is 0 Å². The quantitative estimate of drug-likeness (QED) is 0.747. The third-order valence-corrected chi connectivity index (χ3v) is 4.37. The van der Waals surface area contributed by atoms with Crippen LogP contribution in [0.25, 0.3) is 0 Å². The average molecular weight is 284 g/mol. The molecule has 5 nitrogen and oxygen atoms in total. The van der Waals surface area contributed by atoms with E-state index in [1.807, 2.05) is 18.7 Å². The Morgan fingerprint density at radius 3 is 2.50 bits per heavy atom. The van der Waals surface area contributed by atoms with Crippen LogP contribution in [0.1, 0.15) is 47.0 Å². The molecule has 0 saturated carbocycles. The van der Waals surface area contributed by atoms with Gasteiger partial charge in [0.2, 0.25) is 5.91 Å². The maximum absolute atomic E-state index is 12.0. The van der Waals surface area contributed by atoms with Gasteiger partial charge in [0.25, 0.3) is 0 Å². The predicted molar refractivity (Wildman–Crippen MR) is 78.5 cm³/mol. The Labute approximate surface area is 121 Å². The third-order valence-electron chi connectivity index (χ3n) is 4.37. The van der Waals surface area contributed by atoms with E-state index in [0.29, 0.717) is 38.4 Å². The maximum Gasteiger partial charge on any atom is 0.310 e. The number of carboxylic acids is 1. The zero-order chi connectivity index (χ0) is 15.3. The van der Waals surface area contributed by atoms with Crippen LogP contribution in [0.5, 0.6) is 0 Å². The summed E-state index contributed by atoms with van der Waals surface area (Å²) in [6, 6.07) is 0.143. The highest BCUT2D eigenvalue weighted by atomic mass is 16.4. The lowest BCUT2D eigenvalue weighted by Gasteiger charge is -2.24. The Bertz CT molecular complexity index is 357. The summed E-state index contributed by atoms with van der Waals surface area (Å²) < 4.78 is 0. The molecule has 1 aliphatic heterocycles. The van der Waals surface area contributed by atoms with Crippen LogP contribution in [0.3, 0.4) is 0 Å². The molecule has 1 fully saturated rings. The van der Waals surface area contributed by atoms with Crippen LogP contribution < -0.4 is 5.32 Å². The first-order valence-corrected chi connectivity index (χ1v) is 7.56. The molecule has 0 spiro atoms. The standard InChI is InChI=1S/C15H28N2O3/c1-5-6-15(14(19)20)7-8-17(10-15)9-13(18)16-12(4)11(2)3/h11-12H,5-10H2,1-4H3,(H,16,18)(H,19,20). The highest BCUT2D eigenvalue weighted by molar-refractivity contribution is 5.79. The fourth-order valence-electron chi connectivity index (χ4n) is 2.73. The summed E-state index contributed by atoms with van der Waals surface area (Å²) in [5.74, 6) is -0.336. The molecule has 1 aliphatic rings. The van der Waals surface area contributed by atoms with Gasteiger partial charge in [-0.3, -0.25) is 14.5 Å². The molecule has 5 heteroatoms. The van der Waals surface area contributed by atoms with Crippen molar-refractivity contribution in [3.63, 3.8) is 0 Å². The number of carbonyl (C=O) groups excluding carboxylic acids is 1. The molecular weight excluding hydrogens is 256 g/mol. The van der Waals surface area contributed by atoms with E-state index in [1.54, 1.807) is 0 Å². The van der Waals surface area contributed by atoms with E-state index in [-0.39, 0.29) is 11.9 Å². The molecule has 20 heavy (non-hydrogen) atoms. The van der Waals surface area contributed by atoms with E-state index in [0.717, 1.165) is 6.42 Å². The highest BCUT2D eigenvalue weighted by Crippen LogP contribution is 2.35. The molecule has 1 heterocycles. The number of rotatable bonds is 7. The van der Waals surface area contributed by atoms with Crippen LogP contribution in [0.4, 0.5) is 0 Å². The molecule has 0 aliphatic carbocycles. The van der Waals surface area contributed by atoms with Gasteiger partial charge in [-0.1, -0.05) is 27.2 Å². The Hall–Kier alpha value is -1.10. The Balaban J connectivity index is 2.51. The number of carbonyl (C=O) groups is 2. The summed E-state index contributed by atoms with van der Waals surface area (Å²) in [6.07, 6.45) is 2.18. The largest absolute Gasteiger partial charge is 0.481 e. The Kier molecular flexibility index (Phi) is 5.99. The van der Waals surface area contributed by atoms with Crippen LogP contribution in [0.2, 0.25) is 0 Å². The van der Waals surface area contributed by atoms with Crippen molar-refractivity contribution in [3.8, 4) is 0 Å². The second-order valence-electron chi connectivity index (χ2n) is 6.40. The molecule has 1 rings (SSSR count). The molecule has 2 atom stereocenters. The molecule has 0 aromatic rings. The van der Waals surface area contributed by atoms with Crippen molar-refractivity contribution in [1.82, 2.24) is 10.2 Å². The summed E-state index contributed by atoms with van der Waals surface area (Å²) in [7, 11) is 0. The molecule has 2 N–H and O–H groups in total. The molecule has 2 unspecified atom stereocenters. The number of hydrogen-bond donors (Lipinski definition) is 2. The topological polar surface area (TPSA) is 69.6 Å². The summed E-state index contributed by atoms with van der Waals surface area (Å²) in [5.41, 5.74) is -0.654. The summed E-state index contributed by atoms with van der Waals surface area (Å²) >= 11 is 0. The van der Waals surface area contributed by atoms with Gasteiger partial charge in [0, 0.05) is 12.6 Å². The van der Waals surface area contributed by atoms with Gasteiger partial charge in [0.1, 0.15) is 0 Å². The molecular formula is C15H28N2O3. The molecule has 0 aromatic carbocycles. The predicted octanol–water partition coefficient (Wildman–Crippen LogP) is 1.72. The van der Waals surface area contributed by atoms with Crippen LogP contribution in [-0.4, -0.2) is 47.6 Å². The number of likely N-dealkylation sites (tertiary alicyclic amines) is 1. The van der Waals surface area contributed by atoms with Crippen molar-refractivity contribution >= 4 is 11.9 Å². The van der Waals surface area contributed by atoms with E-state index < -0.39 is 11.4 Å². The minimum Gasteiger partial charge on any atom is -0.481 e. The van der Waals surface area contributed by atoms with Crippen LogP contribution in [-0.2, 0) is 9.59 Å². The summed E-state index contributed by atoms with van der Waals surface area (Å²) in [5, 5.41) is 12.4. The van der Waals surface area contributed by atoms with Crippen LogP contribution >= 0.6 is 0 Å². The fraction of sp³-hybridized carbons (Fsp3) is 0.867. The lowest BCUT2D eigenvalue weighted by molar-refractivity contribution is -0.148.